The third-order valence-corrected chi connectivity index (χ3v) is 6.44. The van der Waals surface area contributed by atoms with Gasteiger partial charge in [0.05, 0.1) is 36.5 Å². The first-order chi connectivity index (χ1) is 17.0. The number of ether oxygens (including phenoxy) is 4. The smallest absolute Gasteiger partial charge is 0.339 e. The molecule has 0 radical (unpaired) electrons. The molecule has 9 nitrogen and oxygen atoms in total. The number of benzene rings is 2. The number of hydrogen-bond donors (Lipinski definition) is 2. The van der Waals surface area contributed by atoms with E-state index >= 15 is 0 Å². The molecule has 0 aliphatic carbocycles. The summed E-state index contributed by atoms with van der Waals surface area (Å²) in [5, 5.41) is 4.37. The van der Waals surface area contributed by atoms with Crippen LogP contribution in [0.4, 0.5) is 5.69 Å². The van der Waals surface area contributed by atoms with Crippen molar-refractivity contribution in [1.29, 1.82) is 0 Å². The summed E-state index contributed by atoms with van der Waals surface area (Å²) in [4.78, 5) is 30.0. The normalized spacial score (nSPS) is 16.3. The molecule has 1 aromatic heterocycles. The van der Waals surface area contributed by atoms with Crippen molar-refractivity contribution >= 4 is 39.9 Å². The highest BCUT2D eigenvalue weighted by Crippen LogP contribution is 2.35. The molecule has 3 heterocycles. The molecule has 0 saturated carbocycles. The number of hydrogen-bond acceptors (Lipinski definition) is 7. The summed E-state index contributed by atoms with van der Waals surface area (Å²) in [6.07, 6.45) is 1.89. The molecular formula is C25H25N3O6S. The van der Waals surface area contributed by atoms with E-state index in [2.05, 4.69) is 10.3 Å². The summed E-state index contributed by atoms with van der Waals surface area (Å²) in [6.45, 7) is 1.62. The first-order valence-electron chi connectivity index (χ1n) is 11.3. The molecular weight excluding hydrogens is 470 g/mol. The Balaban J connectivity index is 1.43. The number of methoxy groups -OCH3 is 1. The summed E-state index contributed by atoms with van der Waals surface area (Å²) >= 11 is 5.74. The number of nitrogens with zero attached hydrogens (tertiary/aromatic N) is 1. The summed E-state index contributed by atoms with van der Waals surface area (Å²) in [6, 6.07) is 12.4. The van der Waals surface area contributed by atoms with Crippen LogP contribution in [0.2, 0.25) is 0 Å². The topological polar surface area (TPSA) is 102 Å². The molecule has 1 saturated heterocycles. The van der Waals surface area contributed by atoms with E-state index in [1.807, 2.05) is 17.0 Å². The van der Waals surface area contributed by atoms with Crippen LogP contribution in [0.3, 0.4) is 0 Å². The molecule has 3 aromatic rings. The molecule has 2 aliphatic rings. The van der Waals surface area contributed by atoms with E-state index in [0.717, 1.165) is 18.2 Å². The van der Waals surface area contributed by atoms with E-state index in [4.69, 9.17) is 31.2 Å². The minimum Gasteiger partial charge on any atom is -0.465 e. The average Bonchev–Trinajstić information content (AvgIpc) is 3.54. The zero-order valence-electron chi connectivity index (χ0n) is 19.2. The second-order valence-electron chi connectivity index (χ2n) is 8.40. The third-order valence-electron chi connectivity index (χ3n) is 6.08. The van der Waals surface area contributed by atoms with Crippen LogP contribution in [-0.2, 0) is 16.0 Å². The van der Waals surface area contributed by atoms with Crippen molar-refractivity contribution in [2.45, 2.75) is 25.5 Å². The number of esters is 1. The van der Waals surface area contributed by atoms with Gasteiger partial charge < -0.3 is 34.1 Å². The Morgan fingerprint density at radius 3 is 2.80 bits per heavy atom. The van der Waals surface area contributed by atoms with Crippen molar-refractivity contribution < 1.29 is 23.7 Å². The van der Waals surface area contributed by atoms with Gasteiger partial charge in [0.15, 0.2) is 16.6 Å². The summed E-state index contributed by atoms with van der Waals surface area (Å²) in [7, 11) is 1.33. The quantitative estimate of drug-likeness (QED) is 0.393. The highest BCUT2D eigenvalue weighted by Gasteiger charge is 2.24. The van der Waals surface area contributed by atoms with E-state index in [9.17, 15) is 9.59 Å². The second-order valence-corrected chi connectivity index (χ2v) is 8.79. The molecule has 10 heteroatoms. The predicted molar refractivity (Wildman–Crippen MR) is 134 cm³/mol. The summed E-state index contributed by atoms with van der Waals surface area (Å²) < 4.78 is 21.6. The molecule has 0 amide bonds. The molecule has 2 aliphatic heterocycles. The Hall–Kier alpha value is -3.63. The number of rotatable bonds is 6. The van der Waals surface area contributed by atoms with E-state index in [1.54, 1.807) is 30.3 Å². The van der Waals surface area contributed by atoms with Crippen molar-refractivity contribution in [3.8, 4) is 11.5 Å². The molecule has 182 valence electrons. The van der Waals surface area contributed by atoms with E-state index in [1.165, 1.54) is 7.11 Å². The summed E-state index contributed by atoms with van der Waals surface area (Å²) in [5.74, 6) is 0.783. The van der Waals surface area contributed by atoms with Gasteiger partial charge >= 0.3 is 5.97 Å². The molecule has 0 spiro atoms. The van der Waals surface area contributed by atoms with E-state index in [0.29, 0.717) is 52.1 Å². The molecule has 35 heavy (non-hydrogen) atoms. The lowest BCUT2D eigenvalue weighted by Crippen LogP contribution is -2.40. The number of anilines is 1. The number of fused-ring (bicyclic) bond motifs is 2. The van der Waals surface area contributed by atoms with Crippen molar-refractivity contribution in [3.63, 3.8) is 0 Å². The average molecular weight is 496 g/mol. The first-order valence-corrected chi connectivity index (χ1v) is 11.7. The van der Waals surface area contributed by atoms with Crippen LogP contribution in [0, 0.1) is 0 Å². The minimum absolute atomic E-state index is 0.000966. The lowest BCUT2D eigenvalue weighted by molar-refractivity contribution is 0.0601. The Morgan fingerprint density at radius 2 is 2.03 bits per heavy atom. The van der Waals surface area contributed by atoms with E-state index < -0.39 is 5.97 Å². The highest BCUT2D eigenvalue weighted by molar-refractivity contribution is 7.80. The second kappa shape index (κ2) is 9.93. The molecule has 1 atom stereocenters. The number of aromatic nitrogens is 1. The van der Waals surface area contributed by atoms with Gasteiger partial charge in [0.25, 0.3) is 5.56 Å². The fraction of sp³-hybridized carbons (Fsp3) is 0.320. The SMILES string of the molecule is COC(=O)c1ccccc1NC(=S)N(Cc1cc2cc3c(cc2[nH]c1=O)OCO3)CC1CCCO1. The van der Waals surface area contributed by atoms with Crippen LogP contribution in [0.15, 0.2) is 47.3 Å². The maximum absolute atomic E-state index is 13.0. The zero-order chi connectivity index (χ0) is 24.4. The lowest BCUT2D eigenvalue weighted by Gasteiger charge is -2.28. The van der Waals surface area contributed by atoms with Crippen LogP contribution in [-0.4, -0.2) is 54.1 Å². The Kier molecular flexibility index (Phi) is 6.56. The first kappa shape index (κ1) is 23.1. The maximum atomic E-state index is 13.0. The number of thiocarbonyl (C=S) groups is 1. The van der Waals surface area contributed by atoms with Crippen LogP contribution >= 0.6 is 12.2 Å². The van der Waals surface area contributed by atoms with Gasteiger partial charge in [0, 0.05) is 30.2 Å². The van der Waals surface area contributed by atoms with Crippen molar-refractivity contribution in [2.75, 3.05) is 32.4 Å². The molecule has 1 fully saturated rings. The number of pyridine rings is 1. The Morgan fingerprint density at radius 1 is 1.23 bits per heavy atom. The van der Waals surface area contributed by atoms with Crippen LogP contribution in [0.25, 0.3) is 10.9 Å². The molecule has 0 bridgehead atoms. The number of aromatic amines is 1. The van der Waals surface area contributed by atoms with Crippen molar-refractivity contribution in [2.24, 2.45) is 0 Å². The fourth-order valence-corrected chi connectivity index (χ4v) is 4.54. The van der Waals surface area contributed by atoms with Crippen molar-refractivity contribution in [3.05, 3.63) is 63.9 Å². The predicted octanol–water partition coefficient (Wildman–Crippen LogP) is 3.42. The lowest BCUT2D eigenvalue weighted by atomic mass is 10.1. The highest BCUT2D eigenvalue weighted by atomic mass is 32.1. The number of para-hydroxylation sites is 1. The van der Waals surface area contributed by atoms with Gasteiger partial charge in [-0.2, -0.15) is 0 Å². The number of carbonyl (C=O) groups is 1. The number of nitrogens with one attached hydrogen (secondary N) is 2. The van der Waals surface area contributed by atoms with Gasteiger partial charge in [-0.05, 0) is 49.3 Å². The van der Waals surface area contributed by atoms with Gasteiger partial charge in [-0.25, -0.2) is 4.79 Å². The molecule has 5 rings (SSSR count). The van der Waals surface area contributed by atoms with Gasteiger partial charge in [-0.15, -0.1) is 0 Å². The van der Waals surface area contributed by atoms with Gasteiger partial charge in [0.1, 0.15) is 0 Å². The van der Waals surface area contributed by atoms with Crippen LogP contribution < -0.4 is 20.3 Å². The van der Waals surface area contributed by atoms with Gasteiger partial charge in [-0.3, -0.25) is 4.79 Å². The van der Waals surface area contributed by atoms with E-state index in [-0.39, 0.29) is 25.0 Å². The molecule has 2 aromatic carbocycles. The Bertz CT molecular complexity index is 1330. The minimum atomic E-state index is -0.466. The van der Waals surface area contributed by atoms with Gasteiger partial charge in [-0.1, -0.05) is 12.1 Å². The Labute approximate surface area is 206 Å². The molecule has 1 unspecified atom stereocenters. The molecule has 2 N–H and O–H groups in total. The zero-order valence-corrected chi connectivity index (χ0v) is 20.0. The van der Waals surface area contributed by atoms with Crippen LogP contribution in [0.5, 0.6) is 11.5 Å². The summed E-state index contributed by atoms with van der Waals surface area (Å²) in [5.41, 5.74) is 1.89. The van der Waals surface area contributed by atoms with Crippen molar-refractivity contribution in [1.82, 2.24) is 9.88 Å². The van der Waals surface area contributed by atoms with Gasteiger partial charge in [0.2, 0.25) is 6.79 Å². The standard InChI is InChI=1S/C25H25N3O6S/c1-31-24(30)18-6-2-3-7-19(18)27-25(35)28(13-17-5-4-8-32-17)12-16-9-15-10-21-22(34-14-33-21)11-20(15)26-23(16)29/h2-3,6-7,9-11,17H,4-5,8,12-14H2,1H3,(H,26,29)(H,27,35). The maximum Gasteiger partial charge on any atom is 0.339 e. The largest absolute Gasteiger partial charge is 0.465 e. The number of carbonyl (C=O) groups excluding carboxylic acids is 1. The monoisotopic (exact) mass is 495 g/mol. The fourth-order valence-electron chi connectivity index (χ4n) is 4.29. The number of H-pyrrole nitrogens is 1. The van der Waals surface area contributed by atoms with Crippen LogP contribution in [0.1, 0.15) is 28.8 Å². The third kappa shape index (κ3) is 4.94.